The molecule has 36 heavy (non-hydrogen) atoms. The lowest BCUT2D eigenvalue weighted by atomic mass is 9.79. The maximum atomic E-state index is 12.5. The number of carbonyl (C=O) groups excluding carboxylic acids is 3. The monoisotopic (exact) mass is 508 g/mol. The van der Waals surface area contributed by atoms with Gasteiger partial charge in [-0.3, -0.25) is 30.0 Å². The van der Waals surface area contributed by atoms with E-state index in [4.69, 9.17) is 5.11 Å². The Hall–Kier alpha value is -2.42. The molecule has 0 aromatic rings. The number of rotatable bonds is 14. The summed E-state index contributed by atoms with van der Waals surface area (Å²) in [6.07, 6.45) is 14.6. The highest BCUT2D eigenvalue weighted by Gasteiger charge is 2.38. The minimum Gasteiger partial charge on any atom is -0.481 e. The molecule has 0 saturated carbocycles. The second kappa shape index (κ2) is 15.6. The Balaban J connectivity index is 2.45. The van der Waals surface area contributed by atoms with Crippen LogP contribution in [0, 0.1) is 5.92 Å². The Bertz CT molecular complexity index is 747. The van der Waals surface area contributed by atoms with Gasteiger partial charge in [0.25, 0.3) is 0 Å². The van der Waals surface area contributed by atoms with Gasteiger partial charge in [0.15, 0.2) is 0 Å². The number of allylic oxidation sites excluding steroid dienone is 1. The summed E-state index contributed by atoms with van der Waals surface area (Å²) in [5.74, 6) is -4.56. The summed E-state index contributed by atoms with van der Waals surface area (Å²) >= 11 is 0. The minimum absolute atomic E-state index is 0.191. The fourth-order valence-electron chi connectivity index (χ4n) is 5.04. The Morgan fingerprint density at radius 2 is 1.44 bits per heavy atom. The summed E-state index contributed by atoms with van der Waals surface area (Å²) in [6, 6.07) is -0.191. The molecule has 9 heteroatoms. The summed E-state index contributed by atoms with van der Waals surface area (Å²) in [5, 5.41) is 15.4. The third-order valence-electron chi connectivity index (χ3n) is 6.35. The van der Waals surface area contributed by atoms with E-state index in [1.165, 1.54) is 38.5 Å². The molecule has 0 aromatic carbocycles. The predicted molar refractivity (Wildman–Crippen MR) is 141 cm³/mol. The number of nitrogens with one attached hydrogen (secondary N) is 4. The first-order valence-corrected chi connectivity index (χ1v) is 13.4. The number of carboxylic acids is 1. The van der Waals surface area contributed by atoms with E-state index in [2.05, 4.69) is 28.4 Å². The molecule has 0 radical (unpaired) electrons. The molecule has 1 aliphatic heterocycles. The SMILES string of the molecule is CCCCCCCCCCC=CC(CC(=O)O)C(=O)NNC(=O)C(=O)NC1CC(C)(C)NC(C)(C)C1. The van der Waals surface area contributed by atoms with Crippen molar-refractivity contribution in [1.29, 1.82) is 0 Å². The normalized spacial score (nSPS) is 17.9. The van der Waals surface area contributed by atoms with Crippen molar-refractivity contribution in [3.8, 4) is 0 Å². The number of carboxylic acid groups (broad SMARTS) is 1. The average Bonchev–Trinajstić information content (AvgIpc) is 2.75. The van der Waals surface area contributed by atoms with Crippen LogP contribution in [0.15, 0.2) is 12.2 Å². The number of amides is 3. The van der Waals surface area contributed by atoms with E-state index in [0.717, 1.165) is 19.3 Å². The van der Waals surface area contributed by atoms with E-state index in [-0.39, 0.29) is 17.1 Å². The van der Waals surface area contributed by atoms with Crippen molar-refractivity contribution in [2.45, 2.75) is 129 Å². The second-order valence-electron chi connectivity index (χ2n) is 11.3. The zero-order valence-corrected chi connectivity index (χ0v) is 22.9. The number of hydrogen-bond acceptors (Lipinski definition) is 5. The van der Waals surface area contributed by atoms with Crippen LogP contribution in [-0.2, 0) is 19.2 Å². The molecule has 1 rings (SSSR count). The largest absolute Gasteiger partial charge is 0.481 e. The fraction of sp³-hybridized carbons (Fsp3) is 0.778. The Kier molecular flexibility index (Phi) is 13.7. The predicted octanol–water partition coefficient (Wildman–Crippen LogP) is 3.74. The lowest BCUT2D eigenvalue weighted by molar-refractivity contribution is -0.143. The van der Waals surface area contributed by atoms with E-state index >= 15 is 0 Å². The molecule has 9 nitrogen and oxygen atoms in total. The van der Waals surface area contributed by atoms with Crippen molar-refractivity contribution < 1.29 is 24.3 Å². The van der Waals surface area contributed by atoms with Crippen molar-refractivity contribution in [1.82, 2.24) is 21.5 Å². The second-order valence-corrected chi connectivity index (χ2v) is 11.3. The lowest BCUT2D eigenvalue weighted by Crippen LogP contribution is -2.63. The Morgan fingerprint density at radius 3 is 2.00 bits per heavy atom. The van der Waals surface area contributed by atoms with E-state index < -0.39 is 36.0 Å². The summed E-state index contributed by atoms with van der Waals surface area (Å²) in [5.41, 5.74) is 3.91. The standard InChI is InChI=1S/C27H48N4O5/c1-6-7-8-9-10-11-12-13-14-15-16-20(17-22(32)33)23(34)29-30-25(36)24(35)28-21-18-26(2,3)31-27(4,5)19-21/h15-16,20-21,31H,6-14,17-19H2,1-5H3,(H,28,35)(H,29,34)(H,30,36)(H,32,33). The van der Waals surface area contributed by atoms with Gasteiger partial charge in [-0.25, -0.2) is 0 Å². The van der Waals surface area contributed by atoms with Crippen LogP contribution in [0.25, 0.3) is 0 Å². The van der Waals surface area contributed by atoms with E-state index in [1.807, 2.05) is 33.8 Å². The molecular weight excluding hydrogens is 460 g/mol. The van der Waals surface area contributed by atoms with E-state index in [0.29, 0.717) is 12.8 Å². The molecule has 0 aliphatic carbocycles. The van der Waals surface area contributed by atoms with Crippen LogP contribution in [-0.4, -0.2) is 45.9 Å². The number of piperidine rings is 1. The highest BCUT2D eigenvalue weighted by molar-refractivity contribution is 6.35. The van der Waals surface area contributed by atoms with Gasteiger partial charge in [-0.05, 0) is 53.4 Å². The summed E-state index contributed by atoms with van der Waals surface area (Å²) in [7, 11) is 0. The molecule has 206 valence electrons. The third kappa shape index (κ3) is 13.6. The molecule has 0 aromatic heterocycles. The number of hydrazine groups is 1. The molecule has 1 heterocycles. The molecule has 5 N–H and O–H groups in total. The van der Waals surface area contributed by atoms with Gasteiger partial charge >= 0.3 is 17.8 Å². The van der Waals surface area contributed by atoms with Crippen molar-refractivity contribution in [2.24, 2.45) is 5.92 Å². The van der Waals surface area contributed by atoms with E-state index in [9.17, 15) is 19.2 Å². The Labute approximate surface area is 216 Å². The van der Waals surface area contributed by atoms with Crippen LogP contribution < -0.4 is 21.5 Å². The first-order valence-electron chi connectivity index (χ1n) is 13.4. The van der Waals surface area contributed by atoms with E-state index in [1.54, 1.807) is 6.08 Å². The zero-order valence-electron chi connectivity index (χ0n) is 22.9. The summed E-state index contributed by atoms with van der Waals surface area (Å²) in [6.45, 7) is 10.4. The van der Waals surface area contributed by atoms with Gasteiger partial charge in [-0.15, -0.1) is 0 Å². The maximum Gasteiger partial charge on any atom is 0.327 e. The van der Waals surface area contributed by atoms with Crippen molar-refractivity contribution in [2.75, 3.05) is 0 Å². The first-order chi connectivity index (χ1) is 16.8. The van der Waals surface area contributed by atoms with Gasteiger partial charge in [-0.2, -0.15) is 0 Å². The van der Waals surface area contributed by atoms with Gasteiger partial charge in [0.2, 0.25) is 5.91 Å². The molecular formula is C27H48N4O5. The number of aliphatic carboxylic acids is 1. The summed E-state index contributed by atoms with van der Waals surface area (Å²) in [4.78, 5) is 48.3. The summed E-state index contributed by atoms with van der Waals surface area (Å²) < 4.78 is 0. The van der Waals surface area contributed by atoms with Crippen LogP contribution in [0.3, 0.4) is 0 Å². The van der Waals surface area contributed by atoms with Crippen molar-refractivity contribution >= 4 is 23.7 Å². The molecule has 0 bridgehead atoms. The van der Waals surface area contributed by atoms with Gasteiger partial charge in [0.05, 0.1) is 12.3 Å². The van der Waals surface area contributed by atoms with Crippen molar-refractivity contribution in [3.05, 3.63) is 12.2 Å². The molecule has 1 saturated heterocycles. The highest BCUT2D eigenvalue weighted by atomic mass is 16.4. The lowest BCUT2D eigenvalue weighted by Gasteiger charge is -2.46. The topological polar surface area (TPSA) is 137 Å². The number of hydrogen-bond donors (Lipinski definition) is 5. The van der Waals surface area contributed by atoms with Crippen molar-refractivity contribution in [3.63, 3.8) is 0 Å². The van der Waals surface area contributed by atoms with Crippen LogP contribution in [0.2, 0.25) is 0 Å². The highest BCUT2D eigenvalue weighted by Crippen LogP contribution is 2.28. The minimum atomic E-state index is -1.12. The third-order valence-corrected chi connectivity index (χ3v) is 6.35. The van der Waals surface area contributed by atoms with Crippen LogP contribution in [0.5, 0.6) is 0 Å². The van der Waals surface area contributed by atoms with Gasteiger partial charge in [0, 0.05) is 17.1 Å². The zero-order chi connectivity index (χ0) is 27.2. The molecule has 1 aliphatic rings. The number of unbranched alkanes of at least 4 members (excludes halogenated alkanes) is 8. The van der Waals surface area contributed by atoms with Gasteiger partial charge < -0.3 is 15.7 Å². The van der Waals surface area contributed by atoms with Crippen LogP contribution in [0.1, 0.15) is 112 Å². The molecule has 1 unspecified atom stereocenters. The van der Waals surface area contributed by atoms with Gasteiger partial charge in [0.1, 0.15) is 0 Å². The Morgan fingerprint density at radius 1 is 0.889 bits per heavy atom. The molecule has 3 amide bonds. The maximum absolute atomic E-state index is 12.5. The van der Waals surface area contributed by atoms with Crippen LogP contribution >= 0.6 is 0 Å². The molecule has 1 atom stereocenters. The average molecular weight is 509 g/mol. The number of carbonyl (C=O) groups is 4. The first kappa shape index (κ1) is 31.6. The van der Waals surface area contributed by atoms with Crippen LogP contribution in [0.4, 0.5) is 0 Å². The van der Waals surface area contributed by atoms with Gasteiger partial charge in [-0.1, -0.05) is 64.0 Å². The fourth-order valence-corrected chi connectivity index (χ4v) is 5.04. The smallest absolute Gasteiger partial charge is 0.327 e. The molecule has 0 spiro atoms. The molecule has 1 fully saturated rings. The quantitative estimate of drug-likeness (QED) is 0.105.